The zero-order valence-corrected chi connectivity index (χ0v) is 20.2. The first kappa shape index (κ1) is 22.3. The maximum atomic E-state index is 11.7. The minimum Gasteiger partial charge on any atom is -0.367 e. The van der Waals surface area contributed by atoms with Gasteiger partial charge in [0.2, 0.25) is 0 Å². The summed E-state index contributed by atoms with van der Waals surface area (Å²) >= 11 is 0. The molecule has 1 saturated heterocycles. The number of rotatable bonds is 5. The van der Waals surface area contributed by atoms with Gasteiger partial charge in [-0.2, -0.15) is 0 Å². The van der Waals surface area contributed by atoms with Crippen LogP contribution in [0.1, 0.15) is 18.1 Å². The highest BCUT2D eigenvalue weighted by molar-refractivity contribution is 5.91. The van der Waals surface area contributed by atoms with Gasteiger partial charge in [-0.1, -0.05) is 43.3 Å². The highest BCUT2D eigenvalue weighted by atomic mass is 16.2. The van der Waals surface area contributed by atoms with Crippen LogP contribution in [0.25, 0.3) is 33.5 Å². The molecule has 36 heavy (non-hydrogen) atoms. The summed E-state index contributed by atoms with van der Waals surface area (Å²) < 4.78 is 0. The van der Waals surface area contributed by atoms with Gasteiger partial charge in [0.25, 0.3) is 0 Å². The number of benzene rings is 3. The third kappa shape index (κ3) is 4.20. The van der Waals surface area contributed by atoms with Gasteiger partial charge < -0.3 is 19.9 Å². The molecule has 2 aromatic heterocycles. The topological polar surface area (TPSA) is 101 Å². The van der Waals surface area contributed by atoms with Crippen LogP contribution in [0.4, 0.5) is 5.69 Å². The van der Waals surface area contributed by atoms with Crippen LogP contribution < -0.4 is 16.0 Å². The highest BCUT2D eigenvalue weighted by Crippen LogP contribution is 2.29. The van der Waals surface area contributed by atoms with Crippen molar-refractivity contribution >= 4 is 27.8 Å². The van der Waals surface area contributed by atoms with Gasteiger partial charge >= 0.3 is 11.1 Å². The Kier molecular flexibility index (Phi) is 5.65. The normalized spacial score (nSPS) is 14.6. The van der Waals surface area contributed by atoms with E-state index in [2.05, 4.69) is 74.1 Å². The van der Waals surface area contributed by atoms with Crippen LogP contribution in [-0.4, -0.2) is 51.0 Å². The highest BCUT2D eigenvalue weighted by Gasteiger charge is 2.20. The fourth-order valence-electron chi connectivity index (χ4n) is 4.97. The molecular formula is C28H28N6O2. The first-order chi connectivity index (χ1) is 17.6. The maximum absolute atomic E-state index is 11.7. The van der Waals surface area contributed by atoms with Gasteiger partial charge in [-0.05, 0) is 41.8 Å². The molecule has 0 radical (unpaired) electrons. The Bertz CT molecular complexity index is 1660. The lowest BCUT2D eigenvalue weighted by atomic mass is 10.1. The lowest BCUT2D eigenvalue weighted by Crippen LogP contribution is -2.46. The molecule has 0 saturated carbocycles. The van der Waals surface area contributed by atoms with E-state index in [1.54, 1.807) is 0 Å². The molecule has 1 aliphatic rings. The van der Waals surface area contributed by atoms with Crippen molar-refractivity contribution in [2.75, 3.05) is 31.1 Å². The third-order valence-corrected chi connectivity index (χ3v) is 7.03. The average molecular weight is 481 g/mol. The van der Waals surface area contributed by atoms with Gasteiger partial charge in [-0.3, -0.25) is 14.5 Å². The number of para-hydroxylation sites is 1. The Morgan fingerprint density at radius 3 is 2.25 bits per heavy atom. The molecule has 0 atom stereocenters. The van der Waals surface area contributed by atoms with Gasteiger partial charge in [0.15, 0.2) is 0 Å². The molecule has 0 aliphatic carbocycles. The van der Waals surface area contributed by atoms with Crippen molar-refractivity contribution in [3.8, 4) is 11.4 Å². The first-order valence-electron chi connectivity index (χ1n) is 12.4. The summed E-state index contributed by atoms with van der Waals surface area (Å²) in [5.74, 6) is 0.898. The van der Waals surface area contributed by atoms with Gasteiger partial charge in [0.05, 0.1) is 22.2 Å². The Hall–Kier alpha value is -4.17. The molecule has 5 aromatic rings. The number of nitrogens with one attached hydrogen (secondary N) is 3. The second-order valence-electron chi connectivity index (χ2n) is 9.36. The SMILES string of the molecule is CCc1ccc(-c2nc3c(N4CCN(Cc5ccc6[nH]c(=O)c(=O)[nH]c6c5)CC4)cccc3[nH]2)cc1. The van der Waals surface area contributed by atoms with Crippen molar-refractivity contribution < 1.29 is 0 Å². The fourth-order valence-corrected chi connectivity index (χ4v) is 4.97. The predicted molar refractivity (Wildman–Crippen MR) is 144 cm³/mol. The quantitative estimate of drug-likeness (QED) is 0.334. The van der Waals surface area contributed by atoms with Crippen LogP contribution in [0.3, 0.4) is 0 Å². The smallest absolute Gasteiger partial charge is 0.314 e. The lowest BCUT2D eigenvalue weighted by Gasteiger charge is -2.36. The minimum atomic E-state index is -0.625. The van der Waals surface area contributed by atoms with Crippen LogP contribution >= 0.6 is 0 Å². The van der Waals surface area contributed by atoms with Crippen molar-refractivity contribution in [3.63, 3.8) is 0 Å². The van der Waals surface area contributed by atoms with E-state index in [-0.39, 0.29) is 0 Å². The van der Waals surface area contributed by atoms with Gasteiger partial charge in [-0.25, -0.2) is 4.98 Å². The number of fused-ring (bicyclic) bond motifs is 2. The summed E-state index contributed by atoms with van der Waals surface area (Å²) in [6.07, 6.45) is 1.03. The number of piperazine rings is 1. The maximum Gasteiger partial charge on any atom is 0.314 e. The number of anilines is 1. The molecule has 0 amide bonds. The number of H-pyrrole nitrogens is 3. The van der Waals surface area contributed by atoms with E-state index in [9.17, 15) is 9.59 Å². The van der Waals surface area contributed by atoms with Crippen LogP contribution in [0.15, 0.2) is 70.3 Å². The van der Waals surface area contributed by atoms with Crippen molar-refractivity contribution in [1.29, 1.82) is 0 Å². The van der Waals surface area contributed by atoms with Crippen LogP contribution in [-0.2, 0) is 13.0 Å². The zero-order valence-electron chi connectivity index (χ0n) is 20.2. The molecule has 0 bridgehead atoms. The molecule has 6 rings (SSSR count). The number of nitrogens with zero attached hydrogens (tertiary/aromatic N) is 3. The molecule has 3 N–H and O–H groups in total. The summed E-state index contributed by atoms with van der Waals surface area (Å²) in [4.78, 5) is 41.8. The summed E-state index contributed by atoms with van der Waals surface area (Å²) in [5, 5.41) is 0. The van der Waals surface area contributed by atoms with E-state index in [1.165, 1.54) is 5.56 Å². The first-order valence-corrected chi connectivity index (χ1v) is 12.4. The Balaban J connectivity index is 1.17. The second-order valence-corrected chi connectivity index (χ2v) is 9.36. The number of aromatic nitrogens is 4. The van der Waals surface area contributed by atoms with Crippen molar-refractivity contribution in [2.45, 2.75) is 19.9 Å². The van der Waals surface area contributed by atoms with Crippen LogP contribution in [0.5, 0.6) is 0 Å². The Morgan fingerprint density at radius 2 is 1.50 bits per heavy atom. The van der Waals surface area contributed by atoms with Crippen LogP contribution in [0, 0.1) is 0 Å². The molecule has 182 valence electrons. The number of aromatic amines is 3. The van der Waals surface area contributed by atoms with Gasteiger partial charge in [-0.15, -0.1) is 0 Å². The van der Waals surface area contributed by atoms with Gasteiger partial charge in [0.1, 0.15) is 11.3 Å². The van der Waals surface area contributed by atoms with E-state index in [4.69, 9.17) is 4.98 Å². The minimum absolute atomic E-state index is 0.623. The van der Waals surface area contributed by atoms with E-state index in [0.717, 1.165) is 72.8 Å². The molecular weight excluding hydrogens is 452 g/mol. The molecule has 0 spiro atoms. The molecule has 1 aliphatic heterocycles. The average Bonchev–Trinajstić information content (AvgIpc) is 3.35. The van der Waals surface area contributed by atoms with E-state index >= 15 is 0 Å². The van der Waals surface area contributed by atoms with E-state index in [1.807, 2.05) is 18.2 Å². The monoisotopic (exact) mass is 480 g/mol. The predicted octanol–water partition coefficient (Wildman–Crippen LogP) is 3.64. The molecule has 8 nitrogen and oxygen atoms in total. The van der Waals surface area contributed by atoms with E-state index in [0.29, 0.717) is 11.0 Å². The fraction of sp³-hybridized carbons (Fsp3) is 0.250. The second kappa shape index (κ2) is 9.13. The number of imidazole rings is 1. The van der Waals surface area contributed by atoms with E-state index < -0.39 is 11.1 Å². The Morgan fingerprint density at radius 1 is 0.778 bits per heavy atom. The summed E-state index contributed by atoms with van der Waals surface area (Å²) in [7, 11) is 0. The lowest BCUT2D eigenvalue weighted by molar-refractivity contribution is 0.250. The summed E-state index contributed by atoms with van der Waals surface area (Å²) in [6.45, 7) is 6.61. The summed E-state index contributed by atoms with van der Waals surface area (Å²) in [6, 6.07) is 20.7. The van der Waals surface area contributed by atoms with Crippen molar-refractivity contribution in [1.82, 2.24) is 24.8 Å². The number of hydrogen-bond donors (Lipinski definition) is 3. The molecule has 1 fully saturated rings. The van der Waals surface area contributed by atoms with Crippen LogP contribution in [0.2, 0.25) is 0 Å². The third-order valence-electron chi connectivity index (χ3n) is 7.03. The Labute approximate surface area is 207 Å². The summed E-state index contributed by atoms with van der Waals surface area (Å²) in [5.41, 5.74) is 6.78. The standard InChI is InChI=1S/C28H28N6O2/c1-2-18-6-9-20(10-7-18)26-29-22-4-3-5-24(25(22)32-26)34-14-12-33(13-15-34)17-19-8-11-21-23(16-19)31-28(36)27(35)30-21/h3-11,16H,2,12-15,17H2,1H3,(H,29,32)(H,30,35)(H,31,36). The zero-order chi connectivity index (χ0) is 24.6. The molecule has 3 aromatic carbocycles. The number of aryl methyl sites for hydroxylation is 1. The molecule has 0 unspecified atom stereocenters. The molecule has 8 heteroatoms. The largest absolute Gasteiger partial charge is 0.367 e. The number of hydrogen-bond acceptors (Lipinski definition) is 5. The van der Waals surface area contributed by atoms with Gasteiger partial charge in [0, 0.05) is 38.3 Å². The van der Waals surface area contributed by atoms with Crippen molar-refractivity contribution in [2.24, 2.45) is 0 Å². The van der Waals surface area contributed by atoms with Crippen molar-refractivity contribution in [3.05, 3.63) is 92.5 Å². The molecule has 3 heterocycles.